The number of nitrogens with one attached hydrogen (secondary N) is 1. The molecule has 0 aliphatic rings. The molecule has 30 heavy (non-hydrogen) atoms. The van der Waals surface area contributed by atoms with Gasteiger partial charge in [0.2, 0.25) is 11.5 Å². The van der Waals surface area contributed by atoms with Crippen molar-refractivity contribution in [2.75, 3.05) is 19.4 Å². The summed E-state index contributed by atoms with van der Waals surface area (Å²) in [6, 6.07) is 14.5. The molecule has 0 spiro atoms. The van der Waals surface area contributed by atoms with Crippen LogP contribution >= 0.6 is 0 Å². The molecule has 8 nitrogen and oxygen atoms in total. The molecule has 0 radical (unpaired) electrons. The number of rotatable bonds is 5. The Morgan fingerprint density at radius 3 is 2.73 bits per heavy atom. The molecule has 152 valence electrons. The van der Waals surface area contributed by atoms with E-state index in [9.17, 15) is 9.59 Å². The van der Waals surface area contributed by atoms with E-state index in [1.54, 1.807) is 37.1 Å². The minimum Gasteiger partial charge on any atom is -0.497 e. The van der Waals surface area contributed by atoms with Gasteiger partial charge in [-0.1, -0.05) is 23.2 Å². The number of hydrogen-bond donors (Lipinski definition) is 2. The van der Waals surface area contributed by atoms with E-state index in [1.807, 2.05) is 30.3 Å². The number of ether oxygens (including phenoxy) is 1. The lowest BCUT2D eigenvalue weighted by Gasteiger charge is -2.10. The topological polar surface area (TPSA) is 103 Å². The molecule has 3 N–H and O–H groups in total. The molecule has 0 bridgehead atoms. The summed E-state index contributed by atoms with van der Waals surface area (Å²) in [5.74, 6) is 0.694. The highest BCUT2D eigenvalue weighted by Gasteiger charge is 2.22. The molecule has 1 amide bonds. The van der Waals surface area contributed by atoms with Crippen molar-refractivity contribution in [1.29, 1.82) is 0 Å². The molecule has 0 saturated heterocycles. The van der Waals surface area contributed by atoms with Crippen molar-refractivity contribution >= 4 is 28.4 Å². The Kier molecular flexibility index (Phi) is 5.05. The highest BCUT2D eigenvalue weighted by molar-refractivity contribution is 6.00. The summed E-state index contributed by atoms with van der Waals surface area (Å²) >= 11 is 0. The molecule has 0 unspecified atom stereocenters. The average molecular weight is 404 g/mol. The Balaban J connectivity index is 1.62. The van der Waals surface area contributed by atoms with Gasteiger partial charge in [0.1, 0.15) is 16.7 Å². The third-order valence-electron chi connectivity index (χ3n) is 5.10. The van der Waals surface area contributed by atoms with Crippen LogP contribution in [-0.4, -0.2) is 28.9 Å². The standard InChI is InChI=1S/C22H21N5O3/c1-26-19(23)16(21(28)24-11-10-14-6-8-15(30-2)9-7-14)13-17-20(26)25-18-5-3-4-12-27(18)22(17)29/h3-9,12-13,23H,10-11H2,1-2H3,(H,24,28)/p+1. The number of methoxy groups -OCH3 is 1. The number of carbonyl (C=O) groups excluding carboxylic acids is 1. The number of amides is 1. The summed E-state index contributed by atoms with van der Waals surface area (Å²) in [6.45, 7) is 0.432. The van der Waals surface area contributed by atoms with Crippen LogP contribution in [0.2, 0.25) is 0 Å². The molecule has 8 heteroatoms. The molecular formula is C22H22N5O3+. The Bertz CT molecular complexity index is 1310. The van der Waals surface area contributed by atoms with Crippen molar-refractivity contribution in [1.82, 2.24) is 14.7 Å². The molecule has 4 rings (SSSR count). The van der Waals surface area contributed by atoms with Crippen LogP contribution in [0.4, 0.5) is 5.82 Å². The molecule has 3 aromatic heterocycles. The van der Waals surface area contributed by atoms with Crippen LogP contribution in [-0.2, 0) is 13.5 Å². The summed E-state index contributed by atoms with van der Waals surface area (Å²) in [4.78, 5) is 30.2. The summed E-state index contributed by atoms with van der Waals surface area (Å²) in [6.07, 6.45) is 2.30. The minimum absolute atomic E-state index is 0.245. The number of anilines is 1. The second-order valence-electron chi connectivity index (χ2n) is 6.94. The average Bonchev–Trinajstić information content (AvgIpc) is 2.77. The maximum Gasteiger partial charge on any atom is 0.278 e. The fourth-order valence-corrected chi connectivity index (χ4v) is 3.38. The minimum atomic E-state index is -0.337. The predicted molar refractivity (Wildman–Crippen MR) is 114 cm³/mol. The first-order valence-electron chi connectivity index (χ1n) is 9.50. The Morgan fingerprint density at radius 1 is 1.23 bits per heavy atom. The van der Waals surface area contributed by atoms with Crippen molar-refractivity contribution in [3.05, 3.63) is 76.2 Å². The first kappa shape index (κ1) is 19.4. The first-order chi connectivity index (χ1) is 14.5. The lowest BCUT2D eigenvalue weighted by atomic mass is 10.1. The Morgan fingerprint density at radius 2 is 2.00 bits per heavy atom. The van der Waals surface area contributed by atoms with E-state index < -0.39 is 0 Å². The Labute approximate surface area is 172 Å². The zero-order valence-electron chi connectivity index (χ0n) is 16.8. The fraction of sp³-hybridized carbons (Fsp3) is 0.182. The zero-order chi connectivity index (χ0) is 21.3. The third-order valence-corrected chi connectivity index (χ3v) is 5.10. The van der Waals surface area contributed by atoms with E-state index in [0.717, 1.165) is 11.3 Å². The normalized spacial score (nSPS) is 11.0. The van der Waals surface area contributed by atoms with Crippen molar-refractivity contribution < 1.29 is 14.1 Å². The number of nitrogens with zero attached hydrogens (tertiary/aromatic N) is 3. The van der Waals surface area contributed by atoms with Crippen molar-refractivity contribution in [2.45, 2.75) is 6.42 Å². The van der Waals surface area contributed by atoms with Gasteiger partial charge >= 0.3 is 0 Å². The van der Waals surface area contributed by atoms with E-state index in [1.165, 1.54) is 10.5 Å². The molecule has 0 saturated carbocycles. The number of pyridine rings is 2. The molecule has 3 heterocycles. The third kappa shape index (κ3) is 3.43. The molecule has 4 aromatic rings. The molecule has 0 aliphatic carbocycles. The van der Waals surface area contributed by atoms with Gasteiger partial charge in [-0.2, -0.15) is 0 Å². The van der Waals surface area contributed by atoms with E-state index in [2.05, 4.69) is 10.3 Å². The second kappa shape index (κ2) is 7.82. The highest BCUT2D eigenvalue weighted by Crippen LogP contribution is 2.14. The fourth-order valence-electron chi connectivity index (χ4n) is 3.38. The molecular weight excluding hydrogens is 382 g/mol. The van der Waals surface area contributed by atoms with E-state index >= 15 is 0 Å². The van der Waals surface area contributed by atoms with Crippen molar-refractivity contribution in [2.24, 2.45) is 7.05 Å². The lowest BCUT2D eigenvalue weighted by molar-refractivity contribution is -0.632. The summed E-state index contributed by atoms with van der Waals surface area (Å²) in [7, 11) is 3.31. The summed E-state index contributed by atoms with van der Waals surface area (Å²) in [5, 5.41) is 3.20. The highest BCUT2D eigenvalue weighted by atomic mass is 16.5. The number of aryl methyl sites for hydroxylation is 1. The number of benzene rings is 1. The smallest absolute Gasteiger partial charge is 0.278 e. The van der Waals surface area contributed by atoms with Gasteiger partial charge < -0.3 is 15.8 Å². The van der Waals surface area contributed by atoms with Crippen molar-refractivity contribution in [3.8, 4) is 5.75 Å². The summed E-state index contributed by atoms with van der Waals surface area (Å²) in [5.41, 5.74) is 8.21. The molecule has 0 atom stereocenters. The van der Waals surface area contributed by atoms with Crippen LogP contribution in [0.3, 0.4) is 0 Å². The lowest BCUT2D eigenvalue weighted by Crippen LogP contribution is -2.39. The van der Waals surface area contributed by atoms with Gasteiger partial charge in [0, 0.05) is 12.7 Å². The molecule has 0 fully saturated rings. The van der Waals surface area contributed by atoms with Crippen LogP contribution in [0.1, 0.15) is 15.9 Å². The number of hydrogen-bond acceptors (Lipinski definition) is 5. The monoisotopic (exact) mass is 404 g/mol. The largest absolute Gasteiger partial charge is 0.497 e. The first-order valence-corrected chi connectivity index (χ1v) is 9.50. The second-order valence-corrected chi connectivity index (χ2v) is 6.94. The maximum atomic E-state index is 12.9. The van der Waals surface area contributed by atoms with Gasteiger partial charge in [0.15, 0.2) is 0 Å². The number of nitrogens with two attached hydrogens (primary N) is 1. The van der Waals surface area contributed by atoms with E-state index in [4.69, 9.17) is 10.5 Å². The van der Waals surface area contributed by atoms with Crippen LogP contribution in [0.15, 0.2) is 59.5 Å². The number of nitrogen functional groups attached to an aromatic ring is 1. The number of fused-ring (bicyclic) bond motifs is 2. The summed E-state index contributed by atoms with van der Waals surface area (Å²) < 4.78 is 8.17. The van der Waals surface area contributed by atoms with Gasteiger partial charge in [-0.25, -0.2) is 4.57 Å². The van der Waals surface area contributed by atoms with Crippen molar-refractivity contribution in [3.63, 3.8) is 0 Å². The van der Waals surface area contributed by atoms with Gasteiger partial charge in [-0.05, 0) is 42.3 Å². The van der Waals surface area contributed by atoms with Gasteiger partial charge in [-0.3, -0.25) is 14.0 Å². The molecule has 0 aliphatic heterocycles. The van der Waals surface area contributed by atoms with E-state index in [0.29, 0.717) is 29.6 Å². The maximum absolute atomic E-state index is 12.9. The van der Waals surface area contributed by atoms with Gasteiger partial charge in [-0.15, -0.1) is 0 Å². The number of aromatic nitrogens is 3. The molecule has 1 aromatic carbocycles. The van der Waals surface area contributed by atoms with Crippen LogP contribution in [0.5, 0.6) is 5.75 Å². The van der Waals surface area contributed by atoms with Crippen LogP contribution < -0.4 is 25.9 Å². The SMILES string of the molecule is COc1ccc(CCNC(=O)c2cc3c(=O)n4ccccc4nc3[n+](C)c2N)cc1. The quantitative estimate of drug-likeness (QED) is 0.385. The van der Waals surface area contributed by atoms with Crippen LogP contribution in [0, 0.1) is 0 Å². The van der Waals surface area contributed by atoms with Crippen LogP contribution in [0.25, 0.3) is 16.7 Å². The Hall–Kier alpha value is -3.94. The number of carbonyl (C=O) groups is 1. The predicted octanol–water partition coefficient (Wildman–Crippen LogP) is 1.24. The van der Waals surface area contributed by atoms with E-state index in [-0.39, 0.29) is 22.8 Å². The zero-order valence-corrected chi connectivity index (χ0v) is 16.8. The van der Waals surface area contributed by atoms with Gasteiger partial charge in [0.25, 0.3) is 17.1 Å². The van der Waals surface area contributed by atoms with Gasteiger partial charge in [0.05, 0.1) is 14.2 Å².